The second-order valence-corrected chi connectivity index (χ2v) is 5.60. The van der Waals surface area contributed by atoms with Crippen molar-refractivity contribution in [2.24, 2.45) is 0 Å². The first kappa shape index (κ1) is 14.2. The average Bonchev–Trinajstić information content (AvgIpc) is 2.67. The van der Waals surface area contributed by atoms with Crippen molar-refractivity contribution in [2.75, 3.05) is 6.61 Å². The Labute approximate surface area is 125 Å². The smallest absolute Gasteiger partial charge is 0.202 e. The molecule has 0 atom stereocenters. The summed E-state index contributed by atoms with van der Waals surface area (Å²) in [7, 11) is 0. The van der Waals surface area contributed by atoms with Crippen molar-refractivity contribution in [3.8, 4) is 5.75 Å². The molecular weight excluding hydrogens is 330 g/mol. The van der Waals surface area contributed by atoms with Crippen LogP contribution in [0.15, 0.2) is 28.7 Å². The molecule has 1 aromatic heterocycles. The van der Waals surface area contributed by atoms with E-state index in [0.717, 1.165) is 15.9 Å². The highest BCUT2D eigenvalue weighted by Gasteiger charge is 2.13. The minimum Gasteiger partial charge on any atom is -0.484 e. The van der Waals surface area contributed by atoms with E-state index in [2.05, 4.69) is 20.9 Å². The maximum Gasteiger partial charge on any atom is 0.202 e. The van der Waals surface area contributed by atoms with Gasteiger partial charge in [-0.05, 0) is 38.1 Å². The van der Waals surface area contributed by atoms with Crippen LogP contribution in [0.1, 0.15) is 21.7 Å². The molecule has 2 aromatic rings. The topological polar surface area (TPSA) is 42.1 Å². The molecule has 0 aliphatic carbocycles. The van der Waals surface area contributed by atoms with Crippen LogP contribution in [0.3, 0.4) is 0 Å². The summed E-state index contributed by atoms with van der Waals surface area (Å²) in [4.78, 5) is 15.1. The van der Waals surface area contributed by atoms with Crippen LogP contribution in [0, 0.1) is 13.8 Å². The molecule has 0 bridgehead atoms. The molecule has 0 aliphatic rings. The average molecular weight is 343 g/mol. The molecule has 0 aliphatic heterocycles. The molecule has 2 rings (SSSR count). The first-order valence-corrected chi connectivity index (χ1v) is 6.91. The Bertz CT molecular complexity index is 622. The van der Waals surface area contributed by atoms with Gasteiger partial charge >= 0.3 is 0 Å². The van der Waals surface area contributed by atoms with Crippen LogP contribution in [0.5, 0.6) is 5.75 Å². The van der Waals surface area contributed by atoms with Crippen molar-refractivity contribution in [3.63, 3.8) is 0 Å². The number of ketones is 1. The summed E-state index contributed by atoms with van der Waals surface area (Å²) < 4.78 is 6.32. The van der Waals surface area contributed by atoms with Crippen LogP contribution in [0.2, 0.25) is 5.02 Å². The second kappa shape index (κ2) is 5.80. The molecular formula is C14H13BrClNO2. The maximum absolute atomic E-state index is 12.0. The van der Waals surface area contributed by atoms with E-state index in [1.54, 1.807) is 12.1 Å². The van der Waals surface area contributed by atoms with Crippen LogP contribution in [-0.4, -0.2) is 17.4 Å². The van der Waals surface area contributed by atoms with E-state index in [9.17, 15) is 4.79 Å². The summed E-state index contributed by atoms with van der Waals surface area (Å²) in [5, 5.41) is 0.476. The fourth-order valence-electron chi connectivity index (χ4n) is 1.83. The third kappa shape index (κ3) is 3.39. The highest BCUT2D eigenvalue weighted by molar-refractivity contribution is 9.10. The number of hydrogen-bond acceptors (Lipinski definition) is 2. The number of ether oxygens (including phenoxy) is 1. The number of aromatic nitrogens is 1. The van der Waals surface area contributed by atoms with E-state index in [0.29, 0.717) is 16.3 Å². The van der Waals surface area contributed by atoms with Crippen LogP contribution < -0.4 is 4.74 Å². The number of rotatable bonds is 4. The fraction of sp³-hybridized carbons (Fsp3) is 0.214. The number of aromatic amines is 1. The lowest BCUT2D eigenvalue weighted by Crippen LogP contribution is -2.12. The predicted molar refractivity (Wildman–Crippen MR) is 79.2 cm³/mol. The number of hydrogen-bond donors (Lipinski definition) is 1. The van der Waals surface area contributed by atoms with E-state index in [1.165, 1.54) is 0 Å². The Morgan fingerprint density at radius 2 is 2.11 bits per heavy atom. The number of nitrogens with one attached hydrogen (secondary N) is 1. The number of Topliss-reactive ketones (excluding diaryl/α,β-unsaturated/α-hetero) is 1. The summed E-state index contributed by atoms with van der Waals surface area (Å²) in [5.41, 5.74) is 2.47. The van der Waals surface area contributed by atoms with Crippen molar-refractivity contribution in [3.05, 3.63) is 50.7 Å². The summed E-state index contributed by atoms with van der Waals surface area (Å²) >= 11 is 9.34. The zero-order valence-corrected chi connectivity index (χ0v) is 12.9. The van der Waals surface area contributed by atoms with Crippen molar-refractivity contribution < 1.29 is 9.53 Å². The van der Waals surface area contributed by atoms with Crippen molar-refractivity contribution in [1.29, 1.82) is 0 Å². The molecule has 0 unspecified atom stereocenters. The lowest BCUT2D eigenvalue weighted by Gasteiger charge is -2.07. The quantitative estimate of drug-likeness (QED) is 0.841. The van der Waals surface area contributed by atoms with E-state index in [1.807, 2.05) is 26.0 Å². The molecule has 0 fully saturated rings. The Kier molecular flexibility index (Phi) is 4.32. The van der Waals surface area contributed by atoms with Crippen LogP contribution in [0.4, 0.5) is 0 Å². The van der Waals surface area contributed by atoms with E-state index >= 15 is 0 Å². The Morgan fingerprint density at radius 3 is 2.68 bits per heavy atom. The molecule has 100 valence electrons. The Morgan fingerprint density at radius 1 is 1.37 bits per heavy atom. The molecule has 0 spiro atoms. The normalized spacial score (nSPS) is 10.5. The van der Waals surface area contributed by atoms with Gasteiger partial charge in [0.25, 0.3) is 0 Å². The van der Waals surface area contributed by atoms with Crippen LogP contribution >= 0.6 is 27.5 Å². The van der Waals surface area contributed by atoms with Gasteiger partial charge in [0.2, 0.25) is 5.78 Å². The highest BCUT2D eigenvalue weighted by atomic mass is 79.9. The number of carbonyl (C=O) groups excluding carboxylic acids is 1. The molecule has 0 radical (unpaired) electrons. The van der Waals surface area contributed by atoms with Gasteiger partial charge in [-0.25, -0.2) is 0 Å². The molecule has 5 heteroatoms. The molecule has 1 heterocycles. The first-order valence-electron chi connectivity index (χ1n) is 5.74. The summed E-state index contributed by atoms with van der Waals surface area (Å²) in [5.74, 6) is 0.434. The summed E-state index contributed by atoms with van der Waals surface area (Å²) in [6.45, 7) is 3.75. The molecule has 0 amide bonds. The van der Waals surface area contributed by atoms with Crippen molar-refractivity contribution in [2.45, 2.75) is 13.8 Å². The minimum absolute atomic E-state index is 0.0283. The molecule has 1 N–H and O–H groups in total. The molecule has 0 saturated heterocycles. The lowest BCUT2D eigenvalue weighted by atomic mass is 10.1. The Balaban J connectivity index is 2.06. The number of aryl methyl sites for hydroxylation is 2. The fourth-order valence-corrected chi connectivity index (χ4v) is 2.55. The maximum atomic E-state index is 12.0. The number of halogens is 2. The summed E-state index contributed by atoms with van der Waals surface area (Å²) in [6, 6.07) is 7.10. The van der Waals surface area contributed by atoms with Gasteiger partial charge in [0.05, 0.1) is 5.02 Å². The largest absolute Gasteiger partial charge is 0.484 e. The second-order valence-electron chi connectivity index (χ2n) is 4.28. The number of H-pyrrole nitrogens is 1. The zero-order chi connectivity index (χ0) is 14.0. The van der Waals surface area contributed by atoms with Gasteiger partial charge in [-0.2, -0.15) is 0 Å². The predicted octanol–water partition coefficient (Wildman–Crippen LogP) is 4.31. The molecule has 0 saturated carbocycles. The van der Waals surface area contributed by atoms with Crippen LogP contribution in [-0.2, 0) is 0 Å². The molecule has 19 heavy (non-hydrogen) atoms. The van der Waals surface area contributed by atoms with Crippen molar-refractivity contribution >= 4 is 33.3 Å². The minimum atomic E-state index is -0.0687. The third-order valence-electron chi connectivity index (χ3n) is 2.70. The molecule has 3 nitrogen and oxygen atoms in total. The van der Waals surface area contributed by atoms with Gasteiger partial charge in [0, 0.05) is 21.4 Å². The summed E-state index contributed by atoms with van der Waals surface area (Å²) in [6.07, 6.45) is 0. The monoisotopic (exact) mass is 341 g/mol. The SMILES string of the molecule is Cc1cc(C(=O)COc2ccc(Br)cc2Cl)c(C)[nH]1. The van der Waals surface area contributed by atoms with E-state index < -0.39 is 0 Å². The van der Waals surface area contributed by atoms with E-state index in [-0.39, 0.29) is 12.4 Å². The van der Waals surface area contributed by atoms with Gasteiger partial charge in [0.1, 0.15) is 5.75 Å². The van der Waals surface area contributed by atoms with Gasteiger partial charge in [-0.1, -0.05) is 27.5 Å². The lowest BCUT2D eigenvalue weighted by molar-refractivity contribution is 0.0921. The first-order chi connectivity index (χ1) is 8.97. The van der Waals surface area contributed by atoms with Crippen molar-refractivity contribution in [1.82, 2.24) is 4.98 Å². The van der Waals surface area contributed by atoms with E-state index in [4.69, 9.17) is 16.3 Å². The van der Waals surface area contributed by atoms with Gasteiger partial charge < -0.3 is 9.72 Å². The number of carbonyl (C=O) groups is 1. The molecule has 1 aromatic carbocycles. The third-order valence-corrected chi connectivity index (χ3v) is 3.49. The Hall–Kier alpha value is -1.26. The number of benzene rings is 1. The highest BCUT2D eigenvalue weighted by Crippen LogP contribution is 2.27. The van der Waals surface area contributed by atoms with Gasteiger partial charge in [-0.3, -0.25) is 4.79 Å². The zero-order valence-electron chi connectivity index (χ0n) is 10.6. The standard InChI is InChI=1S/C14H13BrClNO2/c1-8-5-11(9(2)17-8)13(18)7-19-14-4-3-10(15)6-12(14)16/h3-6,17H,7H2,1-2H3. The van der Waals surface area contributed by atoms with Gasteiger partial charge in [-0.15, -0.1) is 0 Å². The van der Waals surface area contributed by atoms with Crippen LogP contribution in [0.25, 0.3) is 0 Å². The van der Waals surface area contributed by atoms with Gasteiger partial charge in [0.15, 0.2) is 6.61 Å².